The van der Waals surface area contributed by atoms with Gasteiger partial charge in [-0.25, -0.2) is 0 Å². The molecule has 0 aliphatic heterocycles. The van der Waals surface area contributed by atoms with Crippen molar-refractivity contribution in [3.8, 4) is 0 Å². The van der Waals surface area contributed by atoms with Crippen molar-refractivity contribution in [2.45, 2.75) is 76.2 Å². The summed E-state index contributed by atoms with van der Waals surface area (Å²) >= 11 is 0. The number of nitrogens with one attached hydrogen (secondary N) is 2. The SMILES string of the molecule is C=C(C)NC.CC=C(C)C.CC=C(C)C.CN=C(C)C.CNC(C)=O.COC(C)=O. The number of esters is 1. The molecule has 6 nitrogen and oxygen atoms in total. The Kier molecular flexibility index (Phi) is 52.2. The van der Waals surface area contributed by atoms with Gasteiger partial charge >= 0.3 is 5.97 Å². The van der Waals surface area contributed by atoms with Gasteiger partial charge in [-0.1, -0.05) is 29.9 Å². The zero-order valence-electron chi connectivity index (χ0n) is 22.5. The molecule has 0 rings (SSSR count). The van der Waals surface area contributed by atoms with Gasteiger partial charge in [0, 0.05) is 40.7 Å². The molecule has 0 radical (unpaired) electrons. The van der Waals surface area contributed by atoms with Crippen LogP contribution in [0.1, 0.15) is 76.2 Å². The lowest BCUT2D eigenvalue weighted by Crippen LogP contribution is -2.11. The average Bonchev–Trinajstić information content (AvgIpc) is 2.69. The predicted octanol–water partition coefficient (Wildman–Crippen LogP) is 5.71. The molecule has 0 fully saturated rings. The normalized spacial score (nSPS) is 6.90. The van der Waals surface area contributed by atoms with Crippen LogP contribution in [0.4, 0.5) is 0 Å². The molecule has 6 heteroatoms. The number of amides is 1. The third-order valence-corrected chi connectivity index (χ3v) is 2.67. The van der Waals surface area contributed by atoms with E-state index in [2.05, 4.69) is 66.8 Å². The van der Waals surface area contributed by atoms with Crippen LogP contribution in [-0.2, 0) is 14.3 Å². The van der Waals surface area contributed by atoms with E-state index in [1.54, 1.807) is 14.1 Å². The minimum Gasteiger partial charge on any atom is -0.469 e. The molecule has 180 valence electrons. The second-order valence-corrected chi connectivity index (χ2v) is 6.44. The highest BCUT2D eigenvalue weighted by molar-refractivity contribution is 5.78. The van der Waals surface area contributed by atoms with E-state index in [9.17, 15) is 9.59 Å². The molecule has 0 atom stereocenters. The maximum absolute atomic E-state index is 9.70. The quantitative estimate of drug-likeness (QED) is 0.318. The van der Waals surface area contributed by atoms with Crippen LogP contribution in [0.25, 0.3) is 0 Å². The van der Waals surface area contributed by atoms with Gasteiger partial charge in [-0.3, -0.25) is 14.6 Å². The fraction of sp³-hybridized carbons (Fsp3) is 0.625. The Morgan fingerprint density at radius 2 is 0.967 bits per heavy atom. The van der Waals surface area contributed by atoms with E-state index in [-0.39, 0.29) is 11.9 Å². The largest absolute Gasteiger partial charge is 0.469 e. The van der Waals surface area contributed by atoms with Crippen LogP contribution in [0, 0.1) is 0 Å². The predicted molar refractivity (Wildman–Crippen MR) is 136 cm³/mol. The fourth-order valence-electron chi connectivity index (χ4n) is 0. The second kappa shape index (κ2) is 37.4. The van der Waals surface area contributed by atoms with E-state index in [1.807, 2.05) is 41.7 Å². The lowest BCUT2D eigenvalue weighted by molar-refractivity contribution is -0.137. The van der Waals surface area contributed by atoms with Crippen LogP contribution in [0.15, 0.2) is 40.6 Å². The van der Waals surface area contributed by atoms with Gasteiger partial charge in [-0.05, 0) is 68.0 Å². The first-order chi connectivity index (χ1) is 13.6. The maximum Gasteiger partial charge on any atom is 0.302 e. The number of carbonyl (C=O) groups excluding carboxylic acids is 2. The summed E-state index contributed by atoms with van der Waals surface area (Å²) in [7, 11) is 6.59. The highest BCUT2D eigenvalue weighted by Gasteiger charge is 1.75. The Balaban J connectivity index is -0.0000000576. The van der Waals surface area contributed by atoms with Crippen molar-refractivity contribution < 1.29 is 14.3 Å². The Hall–Kier alpha value is -2.37. The third kappa shape index (κ3) is 168. The molecule has 0 spiro atoms. The van der Waals surface area contributed by atoms with Gasteiger partial charge in [-0.15, -0.1) is 0 Å². The van der Waals surface area contributed by atoms with Crippen LogP contribution >= 0.6 is 0 Å². The molecular weight excluding hydrogens is 378 g/mol. The van der Waals surface area contributed by atoms with E-state index in [1.165, 1.54) is 32.1 Å². The van der Waals surface area contributed by atoms with E-state index >= 15 is 0 Å². The fourth-order valence-corrected chi connectivity index (χ4v) is 0. The minimum absolute atomic E-state index is 0.00463. The van der Waals surface area contributed by atoms with E-state index in [0.29, 0.717) is 0 Å². The van der Waals surface area contributed by atoms with Crippen LogP contribution in [-0.4, -0.2) is 45.8 Å². The summed E-state index contributed by atoms with van der Waals surface area (Å²) in [6.45, 7) is 24.7. The number of aliphatic imine (C=N–C) groups is 1. The Labute approximate surface area is 188 Å². The smallest absolute Gasteiger partial charge is 0.302 e. The number of carbonyl (C=O) groups is 2. The minimum atomic E-state index is -0.245. The van der Waals surface area contributed by atoms with Gasteiger partial charge in [0.05, 0.1) is 7.11 Å². The number of nitrogens with zero attached hydrogens (tertiary/aromatic N) is 1. The Bertz CT molecular complexity index is 409. The van der Waals surface area contributed by atoms with Crippen molar-refractivity contribution in [1.29, 1.82) is 0 Å². The van der Waals surface area contributed by atoms with Gasteiger partial charge in [-0.2, -0.15) is 0 Å². The molecule has 0 aliphatic carbocycles. The maximum atomic E-state index is 9.70. The van der Waals surface area contributed by atoms with Gasteiger partial charge in [0.2, 0.25) is 5.91 Å². The first kappa shape index (κ1) is 41.9. The van der Waals surface area contributed by atoms with Crippen molar-refractivity contribution in [1.82, 2.24) is 10.6 Å². The van der Waals surface area contributed by atoms with Gasteiger partial charge in [0.1, 0.15) is 0 Å². The molecule has 0 bridgehead atoms. The Morgan fingerprint density at radius 3 is 0.967 bits per heavy atom. The standard InChI is InChI=1S/2C5H10.2C4H9N.C3H7NO.C3H6O2/c2*1-4-5(2)3;2*1-4(2)5-3;1-3(5)4-2;1-3(4)5-2/h2*4H,1-3H3;1-3H3;5H,1H2,2-3H3;1-2H3,(H,4,5);1-2H3. The third-order valence-electron chi connectivity index (χ3n) is 2.67. The van der Waals surface area contributed by atoms with Crippen LogP contribution in [0.5, 0.6) is 0 Å². The average molecular weight is 430 g/mol. The number of rotatable bonds is 1. The summed E-state index contributed by atoms with van der Waals surface area (Å²) in [5.74, 6) is -0.241. The number of allylic oxidation sites excluding steroid dienone is 5. The summed E-state index contributed by atoms with van der Waals surface area (Å²) in [4.78, 5) is 23.1. The van der Waals surface area contributed by atoms with Crippen LogP contribution < -0.4 is 10.6 Å². The first-order valence-corrected chi connectivity index (χ1v) is 9.78. The summed E-state index contributed by atoms with van der Waals surface area (Å²) in [6, 6.07) is 0. The number of ether oxygens (including phenoxy) is 1. The molecule has 0 unspecified atom stereocenters. The molecule has 0 heterocycles. The van der Waals surface area contributed by atoms with Crippen LogP contribution in [0.2, 0.25) is 0 Å². The topological polar surface area (TPSA) is 79.8 Å². The summed E-state index contributed by atoms with van der Waals surface area (Å²) in [5.41, 5.74) is 4.89. The van der Waals surface area contributed by atoms with Crippen molar-refractivity contribution in [2.24, 2.45) is 4.99 Å². The molecule has 0 aromatic rings. The molecular formula is C24H51N3O3. The van der Waals surface area contributed by atoms with E-state index in [4.69, 9.17) is 0 Å². The van der Waals surface area contributed by atoms with Gasteiger partial charge < -0.3 is 15.4 Å². The highest BCUT2D eigenvalue weighted by atomic mass is 16.5. The summed E-state index contributed by atoms with van der Waals surface area (Å²) in [5, 5.41) is 5.22. The van der Waals surface area contributed by atoms with Crippen molar-refractivity contribution >= 4 is 17.6 Å². The monoisotopic (exact) mass is 429 g/mol. The lowest BCUT2D eigenvalue weighted by Gasteiger charge is -1.87. The number of hydrogen-bond donors (Lipinski definition) is 2. The zero-order chi connectivity index (χ0) is 25.7. The molecule has 2 N–H and O–H groups in total. The summed E-state index contributed by atoms with van der Waals surface area (Å²) in [6.07, 6.45) is 4.17. The first-order valence-electron chi connectivity index (χ1n) is 9.78. The van der Waals surface area contributed by atoms with Crippen LogP contribution in [0.3, 0.4) is 0 Å². The summed E-state index contributed by atoms with van der Waals surface area (Å²) < 4.78 is 4.11. The molecule has 1 amide bonds. The number of methoxy groups -OCH3 is 1. The van der Waals surface area contributed by atoms with Crippen molar-refractivity contribution in [2.75, 3.05) is 28.3 Å². The van der Waals surface area contributed by atoms with Gasteiger partial charge in [0.15, 0.2) is 0 Å². The van der Waals surface area contributed by atoms with E-state index in [0.717, 1.165) is 11.4 Å². The van der Waals surface area contributed by atoms with Crippen molar-refractivity contribution in [3.05, 3.63) is 35.6 Å². The lowest BCUT2D eigenvalue weighted by atomic mass is 10.3. The highest BCUT2D eigenvalue weighted by Crippen LogP contribution is 1.83. The molecule has 30 heavy (non-hydrogen) atoms. The zero-order valence-corrected chi connectivity index (χ0v) is 22.5. The Morgan fingerprint density at radius 1 is 0.800 bits per heavy atom. The molecule has 0 aliphatic rings. The van der Waals surface area contributed by atoms with E-state index < -0.39 is 0 Å². The molecule has 0 aromatic carbocycles. The molecule has 0 aromatic heterocycles. The van der Waals surface area contributed by atoms with Crippen molar-refractivity contribution in [3.63, 3.8) is 0 Å². The second-order valence-electron chi connectivity index (χ2n) is 6.44. The molecule has 0 saturated heterocycles. The number of hydrogen-bond acceptors (Lipinski definition) is 5. The van der Waals surface area contributed by atoms with Gasteiger partial charge in [0.25, 0.3) is 0 Å². The molecule has 0 saturated carbocycles.